The first kappa shape index (κ1) is 19.3. The molecule has 1 aliphatic heterocycles. The predicted octanol–water partition coefficient (Wildman–Crippen LogP) is 2.51. The van der Waals surface area contributed by atoms with Crippen molar-refractivity contribution in [2.75, 3.05) is 40.3 Å². The first-order valence-corrected chi connectivity index (χ1v) is 9.15. The summed E-state index contributed by atoms with van der Waals surface area (Å²) in [5, 5.41) is 2.82. The van der Waals surface area contributed by atoms with E-state index in [0.717, 1.165) is 38.3 Å². The average molecular weight is 371 g/mol. The molecule has 0 radical (unpaired) electrons. The fourth-order valence-corrected chi connectivity index (χ4v) is 3.12. The third kappa shape index (κ3) is 5.28. The number of hydrogen-bond acceptors (Lipinski definition) is 4. The van der Waals surface area contributed by atoms with Crippen LogP contribution in [0.25, 0.3) is 0 Å². The molecule has 0 atom stereocenters. The minimum absolute atomic E-state index is 0.127. The molecule has 27 heavy (non-hydrogen) atoms. The highest BCUT2D eigenvalue weighted by Gasteiger charge is 2.14. The maximum atomic E-state index is 13.7. The van der Waals surface area contributed by atoms with E-state index >= 15 is 0 Å². The molecule has 144 valence electrons. The Kier molecular flexibility index (Phi) is 6.42. The minimum atomic E-state index is -0.543. The van der Waals surface area contributed by atoms with Crippen LogP contribution in [0.3, 0.4) is 0 Å². The fourth-order valence-electron chi connectivity index (χ4n) is 3.12. The number of carbonyl (C=O) groups is 1. The Hall–Kier alpha value is -2.44. The maximum absolute atomic E-state index is 13.7. The summed E-state index contributed by atoms with van der Waals surface area (Å²) in [6, 6.07) is 12.5. The zero-order valence-corrected chi connectivity index (χ0v) is 15.9. The number of nitrogens with zero attached hydrogens (tertiary/aromatic N) is 2. The predicted molar refractivity (Wildman–Crippen MR) is 103 cm³/mol. The first-order chi connectivity index (χ1) is 13.0. The normalized spacial score (nSPS) is 15.5. The Morgan fingerprint density at radius 2 is 1.74 bits per heavy atom. The number of ether oxygens (including phenoxy) is 1. The smallest absolute Gasteiger partial charge is 0.251 e. The number of amides is 1. The van der Waals surface area contributed by atoms with E-state index in [0.29, 0.717) is 6.54 Å². The lowest BCUT2D eigenvalue weighted by atomic mass is 10.1. The van der Waals surface area contributed by atoms with Crippen molar-refractivity contribution in [3.63, 3.8) is 0 Å². The van der Waals surface area contributed by atoms with Gasteiger partial charge in [-0.05, 0) is 36.4 Å². The first-order valence-electron chi connectivity index (χ1n) is 9.15. The molecule has 0 saturated carbocycles. The van der Waals surface area contributed by atoms with Gasteiger partial charge >= 0.3 is 0 Å². The molecule has 0 spiro atoms. The van der Waals surface area contributed by atoms with E-state index in [1.807, 2.05) is 12.1 Å². The summed E-state index contributed by atoms with van der Waals surface area (Å²) < 4.78 is 18.6. The van der Waals surface area contributed by atoms with Gasteiger partial charge in [0, 0.05) is 44.8 Å². The third-order valence-corrected chi connectivity index (χ3v) is 4.89. The molecule has 1 amide bonds. The van der Waals surface area contributed by atoms with Crippen LogP contribution in [-0.4, -0.2) is 56.0 Å². The van der Waals surface area contributed by atoms with Gasteiger partial charge in [0.25, 0.3) is 5.91 Å². The summed E-state index contributed by atoms with van der Waals surface area (Å²) in [6.45, 7) is 5.75. The second kappa shape index (κ2) is 8.97. The van der Waals surface area contributed by atoms with Crippen LogP contribution in [0.4, 0.5) is 4.39 Å². The fraction of sp³-hybridized carbons (Fsp3) is 0.381. The summed E-state index contributed by atoms with van der Waals surface area (Å²) in [5.41, 5.74) is 2.56. The van der Waals surface area contributed by atoms with Crippen molar-refractivity contribution < 1.29 is 13.9 Å². The zero-order chi connectivity index (χ0) is 19.2. The summed E-state index contributed by atoms with van der Waals surface area (Å²) in [7, 11) is 3.55. The molecule has 0 aromatic heterocycles. The van der Waals surface area contributed by atoms with Crippen LogP contribution < -0.4 is 10.1 Å². The molecular formula is C21H26FN3O2. The van der Waals surface area contributed by atoms with E-state index in [-0.39, 0.29) is 17.2 Å². The number of piperazine rings is 1. The highest BCUT2D eigenvalue weighted by atomic mass is 19.1. The number of methoxy groups -OCH3 is 1. The van der Waals surface area contributed by atoms with Crippen molar-refractivity contribution in [1.82, 2.24) is 15.1 Å². The lowest BCUT2D eigenvalue weighted by Crippen LogP contribution is -2.43. The van der Waals surface area contributed by atoms with E-state index < -0.39 is 5.82 Å². The molecule has 0 bridgehead atoms. The van der Waals surface area contributed by atoms with Gasteiger partial charge in [0.05, 0.1) is 7.11 Å². The Balaban J connectivity index is 1.51. The van der Waals surface area contributed by atoms with Crippen molar-refractivity contribution in [2.45, 2.75) is 13.1 Å². The number of nitrogens with one attached hydrogen (secondary N) is 1. The van der Waals surface area contributed by atoms with E-state index in [9.17, 15) is 9.18 Å². The van der Waals surface area contributed by atoms with Gasteiger partial charge in [0.2, 0.25) is 0 Å². The topological polar surface area (TPSA) is 44.8 Å². The molecule has 1 saturated heterocycles. The second-order valence-corrected chi connectivity index (χ2v) is 6.93. The van der Waals surface area contributed by atoms with Gasteiger partial charge < -0.3 is 15.0 Å². The van der Waals surface area contributed by atoms with Crippen molar-refractivity contribution in [1.29, 1.82) is 0 Å². The monoisotopic (exact) mass is 371 g/mol. The van der Waals surface area contributed by atoms with Crippen molar-refractivity contribution in [2.24, 2.45) is 0 Å². The summed E-state index contributed by atoms with van der Waals surface area (Å²) in [6.07, 6.45) is 0. The highest BCUT2D eigenvalue weighted by Crippen LogP contribution is 2.17. The van der Waals surface area contributed by atoms with Gasteiger partial charge in [-0.1, -0.05) is 24.3 Å². The van der Waals surface area contributed by atoms with Crippen LogP contribution in [-0.2, 0) is 13.1 Å². The van der Waals surface area contributed by atoms with Gasteiger partial charge in [-0.3, -0.25) is 9.69 Å². The molecule has 2 aromatic carbocycles. The number of hydrogen-bond donors (Lipinski definition) is 1. The molecule has 1 fully saturated rings. The second-order valence-electron chi connectivity index (χ2n) is 6.93. The molecule has 6 heteroatoms. The van der Waals surface area contributed by atoms with Crippen LogP contribution in [0.2, 0.25) is 0 Å². The van der Waals surface area contributed by atoms with Crippen molar-refractivity contribution in [3.05, 3.63) is 65.0 Å². The lowest BCUT2D eigenvalue weighted by molar-refractivity contribution is 0.0950. The van der Waals surface area contributed by atoms with Crippen LogP contribution in [0.5, 0.6) is 5.75 Å². The van der Waals surface area contributed by atoms with Crippen LogP contribution >= 0.6 is 0 Å². The Labute approximate surface area is 159 Å². The molecule has 0 aliphatic carbocycles. The summed E-state index contributed by atoms with van der Waals surface area (Å²) in [4.78, 5) is 17.0. The quantitative estimate of drug-likeness (QED) is 0.848. The van der Waals surface area contributed by atoms with Gasteiger partial charge in [0.15, 0.2) is 11.6 Å². The Morgan fingerprint density at radius 3 is 2.37 bits per heavy atom. The summed E-state index contributed by atoms with van der Waals surface area (Å²) in [5.74, 6) is -0.723. The molecule has 3 rings (SSSR count). The third-order valence-electron chi connectivity index (χ3n) is 4.89. The number of halogens is 1. The molecule has 1 N–H and O–H groups in total. The molecular weight excluding hydrogens is 345 g/mol. The average Bonchev–Trinajstić information content (AvgIpc) is 2.69. The molecule has 5 nitrogen and oxygen atoms in total. The van der Waals surface area contributed by atoms with Gasteiger partial charge in [-0.2, -0.15) is 0 Å². The largest absolute Gasteiger partial charge is 0.494 e. The number of rotatable bonds is 6. The summed E-state index contributed by atoms with van der Waals surface area (Å²) >= 11 is 0. The highest BCUT2D eigenvalue weighted by molar-refractivity contribution is 5.94. The lowest BCUT2D eigenvalue weighted by Gasteiger charge is -2.32. The standard InChI is InChI=1S/C21H26FN3O2/c1-24-9-11-25(12-10-24)15-17-5-3-16(4-6-17)14-23-21(26)18-7-8-20(27-2)19(22)13-18/h3-8,13H,9-12,14-15H2,1-2H3,(H,23,26). The number of likely N-dealkylation sites (N-methyl/N-ethyl adjacent to an activating group) is 1. The van der Waals surface area contributed by atoms with E-state index in [4.69, 9.17) is 4.74 Å². The Morgan fingerprint density at radius 1 is 1.07 bits per heavy atom. The Bertz CT molecular complexity index is 771. The van der Waals surface area contributed by atoms with Crippen LogP contribution in [0.1, 0.15) is 21.5 Å². The SMILES string of the molecule is COc1ccc(C(=O)NCc2ccc(CN3CCN(C)CC3)cc2)cc1F. The van der Waals surface area contributed by atoms with Crippen molar-refractivity contribution in [3.8, 4) is 5.75 Å². The van der Waals surface area contributed by atoms with Gasteiger partial charge in [-0.25, -0.2) is 4.39 Å². The molecule has 1 heterocycles. The molecule has 1 aliphatic rings. The van der Waals surface area contributed by atoms with E-state index in [1.54, 1.807) is 6.07 Å². The number of benzene rings is 2. The van der Waals surface area contributed by atoms with Gasteiger partial charge in [0.1, 0.15) is 0 Å². The molecule has 2 aromatic rings. The number of carbonyl (C=O) groups excluding carboxylic acids is 1. The minimum Gasteiger partial charge on any atom is -0.494 e. The van der Waals surface area contributed by atoms with Crippen LogP contribution in [0.15, 0.2) is 42.5 Å². The van der Waals surface area contributed by atoms with E-state index in [1.165, 1.54) is 24.8 Å². The molecule has 0 unspecified atom stereocenters. The van der Waals surface area contributed by atoms with E-state index in [2.05, 4.69) is 34.3 Å². The van der Waals surface area contributed by atoms with Gasteiger partial charge in [-0.15, -0.1) is 0 Å². The maximum Gasteiger partial charge on any atom is 0.251 e. The van der Waals surface area contributed by atoms with Crippen molar-refractivity contribution >= 4 is 5.91 Å². The van der Waals surface area contributed by atoms with Crippen LogP contribution in [0, 0.1) is 5.82 Å². The zero-order valence-electron chi connectivity index (χ0n) is 15.9.